The van der Waals surface area contributed by atoms with Crippen LogP contribution in [0.5, 0.6) is 0 Å². The average Bonchev–Trinajstić information content (AvgIpc) is 3.33. The Morgan fingerprint density at radius 3 is 2.27 bits per heavy atom. The first kappa shape index (κ1) is 24.3. The topological polar surface area (TPSA) is 60.7 Å². The van der Waals surface area contributed by atoms with Gasteiger partial charge in [-0.1, -0.05) is 60.1 Å². The van der Waals surface area contributed by atoms with E-state index >= 15 is 0 Å². The summed E-state index contributed by atoms with van der Waals surface area (Å²) in [5.74, 6) is 4.20. The highest BCUT2D eigenvalue weighted by atomic mass is 16.3. The number of aliphatic hydroxyl groups excluding tert-OH is 2. The predicted octanol–water partition coefficient (Wildman–Crippen LogP) is 5.97. The molecule has 5 rings (SSSR count). The Morgan fingerprint density at radius 2 is 1.61 bits per heavy atom. The van der Waals surface area contributed by atoms with E-state index in [4.69, 9.17) is 0 Å². The quantitative estimate of drug-likeness (QED) is 0.455. The van der Waals surface area contributed by atoms with Gasteiger partial charge in [-0.15, -0.1) is 0 Å². The smallest absolute Gasteiger partial charge is 0.103 e. The SMILES string of the molecule is CC(C)[C@H](C)[C@@]1(C)C[C@@H]1[C@@H](C)C1CCC2C3CC=C4C[C@@H](O)CC[C@]4(C)[C@@]3(O)[C@H](O)C[C@@]21C. The fourth-order valence-electron chi connectivity index (χ4n) is 10.4. The Balaban J connectivity index is 1.43. The highest BCUT2D eigenvalue weighted by Gasteiger charge is 2.70. The number of allylic oxidation sites excluding steroid dienone is 1. The molecule has 0 spiro atoms. The van der Waals surface area contributed by atoms with Crippen molar-refractivity contribution in [3.8, 4) is 0 Å². The largest absolute Gasteiger partial charge is 0.393 e. The van der Waals surface area contributed by atoms with E-state index in [-0.39, 0.29) is 17.4 Å². The van der Waals surface area contributed by atoms with E-state index in [1.54, 1.807) is 0 Å². The maximum Gasteiger partial charge on any atom is 0.103 e. The van der Waals surface area contributed by atoms with Crippen LogP contribution in [0.2, 0.25) is 0 Å². The Labute approximate surface area is 202 Å². The lowest BCUT2D eigenvalue weighted by atomic mass is 9.43. The molecule has 3 N–H and O–H groups in total. The summed E-state index contributed by atoms with van der Waals surface area (Å²) in [7, 11) is 0. The second-order valence-corrected chi connectivity index (χ2v) is 14.3. The van der Waals surface area contributed by atoms with Gasteiger partial charge in [0.25, 0.3) is 0 Å². The van der Waals surface area contributed by atoms with E-state index < -0.39 is 17.1 Å². The summed E-state index contributed by atoms with van der Waals surface area (Å²) >= 11 is 0. The highest BCUT2D eigenvalue weighted by Crippen LogP contribution is 2.72. The second kappa shape index (κ2) is 7.56. The van der Waals surface area contributed by atoms with E-state index in [0.29, 0.717) is 29.6 Å². The van der Waals surface area contributed by atoms with Crippen LogP contribution in [0.4, 0.5) is 0 Å². The zero-order valence-corrected chi connectivity index (χ0v) is 22.3. The molecule has 0 aromatic rings. The van der Waals surface area contributed by atoms with E-state index in [1.165, 1.54) is 24.8 Å². The third-order valence-corrected chi connectivity index (χ3v) is 13.0. The van der Waals surface area contributed by atoms with E-state index in [2.05, 4.69) is 54.5 Å². The van der Waals surface area contributed by atoms with Crippen LogP contribution in [0, 0.1) is 57.7 Å². The molecule has 0 aromatic carbocycles. The van der Waals surface area contributed by atoms with Gasteiger partial charge < -0.3 is 15.3 Å². The van der Waals surface area contributed by atoms with Crippen molar-refractivity contribution in [3.05, 3.63) is 11.6 Å². The van der Waals surface area contributed by atoms with E-state index in [1.807, 2.05) is 0 Å². The van der Waals surface area contributed by atoms with Gasteiger partial charge in [-0.05, 0) is 104 Å². The monoisotopic (exact) mass is 458 g/mol. The zero-order chi connectivity index (χ0) is 24.1. The molecule has 33 heavy (non-hydrogen) atoms. The standard InChI is InChI=1S/C30H50O3/c1-17(2)19(4)27(5)15-25(27)18(3)22-10-11-23-24-9-8-20-14-21(31)12-13-29(20,7)30(24,33)26(32)16-28(22,23)6/h8,17-19,21-26,31-33H,9-16H2,1-7H3/t18-,19-,21-,22?,23?,24?,25+,26+,27+,28+,29-,30-/m0/s1. The molecule has 0 aliphatic heterocycles. The summed E-state index contributed by atoms with van der Waals surface area (Å²) in [6.45, 7) is 16.9. The lowest BCUT2D eigenvalue weighted by Gasteiger charge is -2.64. The van der Waals surface area contributed by atoms with E-state index in [9.17, 15) is 15.3 Å². The number of hydrogen-bond acceptors (Lipinski definition) is 3. The first-order chi connectivity index (χ1) is 15.3. The summed E-state index contributed by atoms with van der Waals surface area (Å²) in [5.41, 5.74) is 0.314. The van der Waals surface area contributed by atoms with Crippen LogP contribution in [0.25, 0.3) is 0 Å². The molecule has 3 nitrogen and oxygen atoms in total. The van der Waals surface area contributed by atoms with Gasteiger partial charge in [0.1, 0.15) is 5.60 Å². The molecule has 3 heteroatoms. The fourth-order valence-corrected chi connectivity index (χ4v) is 10.4. The van der Waals surface area contributed by atoms with Crippen LogP contribution >= 0.6 is 0 Å². The van der Waals surface area contributed by atoms with Gasteiger partial charge in [0, 0.05) is 5.41 Å². The Morgan fingerprint density at radius 1 is 0.909 bits per heavy atom. The van der Waals surface area contributed by atoms with Gasteiger partial charge in [-0.3, -0.25) is 0 Å². The molecule has 0 radical (unpaired) electrons. The maximum absolute atomic E-state index is 12.4. The van der Waals surface area contributed by atoms with Crippen molar-refractivity contribution in [2.45, 2.75) is 118 Å². The van der Waals surface area contributed by atoms with Crippen LogP contribution < -0.4 is 0 Å². The predicted molar refractivity (Wildman–Crippen MR) is 133 cm³/mol. The molecule has 5 aliphatic rings. The van der Waals surface area contributed by atoms with Crippen molar-refractivity contribution in [3.63, 3.8) is 0 Å². The number of hydrogen-bond donors (Lipinski definition) is 3. The van der Waals surface area contributed by atoms with Gasteiger partial charge >= 0.3 is 0 Å². The molecule has 0 bridgehead atoms. The molecule has 0 aromatic heterocycles. The van der Waals surface area contributed by atoms with Crippen molar-refractivity contribution in [2.24, 2.45) is 57.7 Å². The van der Waals surface area contributed by atoms with Crippen LogP contribution in [0.1, 0.15) is 99.8 Å². The normalized spacial score (nSPS) is 55.3. The van der Waals surface area contributed by atoms with Gasteiger partial charge in [-0.25, -0.2) is 0 Å². The van der Waals surface area contributed by atoms with Crippen LogP contribution in [-0.4, -0.2) is 33.1 Å². The first-order valence-electron chi connectivity index (χ1n) is 14.1. The summed E-state index contributed by atoms with van der Waals surface area (Å²) in [4.78, 5) is 0. The molecule has 188 valence electrons. The molecule has 0 heterocycles. The molecule has 12 atom stereocenters. The zero-order valence-electron chi connectivity index (χ0n) is 22.3. The van der Waals surface area contributed by atoms with Gasteiger partial charge in [-0.2, -0.15) is 0 Å². The number of aliphatic hydroxyl groups is 3. The molecule has 4 saturated carbocycles. The number of fused-ring (bicyclic) bond motifs is 5. The molecule has 0 amide bonds. The van der Waals surface area contributed by atoms with Crippen molar-refractivity contribution < 1.29 is 15.3 Å². The fraction of sp³-hybridized carbons (Fsp3) is 0.933. The Bertz CT molecular complexity index is 819. The van der Waals surface area contributed by atoms with Gasteiger partial charge in [0.2, 0.25) is 0 Å². The van der Waals surface area contributed by atoms with Gasteiger partial charge in [0.15, 0.2) is 0 Å². The van der Waals surface area contributed by atoms with E-state index in [0.717, 1.165) is 43.4 Å². The minimum atomic E-state index is -1.06. The van der Waals surface area contributed by atoms with Crippen molar-refractivity contribution >= 4 is 0 Å². The summed E-state index contributed by atoms with van der Waals surface area (Å²) in [6.07, 6.45) is 8.92. The van der Waals surface area contributed by atoms with Crippen LogP contribution in [0.15, 0.2) is 11.6 Å². The first-order valence-corrected chi connectivity index (χ1v) is 14.1. The highest BCUT2D eigenvalue weighted by molar-refractivity contribution is 5.32. The molecule has 4 fully saturated rings. The van der Waals surface area contributed by atoms with Crippen LogP contribution in [-0.2, 0) is 0 Å². The molecular formula is C30H50O3. The van der Waals surface area contributed by atoms with Crippen molar-refractivity contribution in [2.75, 3.05) is 0 Å². The average molecular weight is 459 g/mol. The molecular weight excluding hydrogens is 408 g/mol. The Hall–Kier alpha value is -0.380. The van der Waals surface area contributed by atoms with Crippen molar-refractivity contribution in [1.29, 1.82) is 0 Å². The summed E-state index contributed by atoms with van der Waals surface area (Å²) < 4.78 is 0. The third-order valence-electron chi connectivity index (χ3n) is 13.0. The molecule has 3 unspecified atom stereocenters. The molecule has 5 aliphatic carbocycles. The Kier molecular flexibility index (Phi) is 5.57. The van der Waals surface area contributed by atoms with Gasteiger partial charge in [0.05, 0.1) is 12.2 Å². The van der Waals surface area contributed by atoms with Crippen LogP contribution in [0.3, 0.4) is 0 Å². The number of rotatable bonds is 4. The summed E-state index contributed by atoms with van der Waals surface area (Å²) in [6, 6.07) is 0. The summed E-state index contributed by atoms with van der Waals surface area (Å²) in [5, 5.41) is 34.4. The lowest BCUT2D eigenvalue weighted by Crippen LogP contribution is -2.69. The molecule has 0 saturated heterocycles. The minimum absolute atomic E-state index is 0.107. The third kappa shape index (κ3) is 3.10. The second-order valence-electron chi connectivity index (χ2n) is 14.3. The minimum Gasteiger partial charge on any atom is -0.393 e. The van der Waals surface area contributed by atoms with Crippen molar-refractivity contribution in [1.82, 2.24) is 0 Å². The maximum atomic E-state index is 12.4. The lowest BCUT2D eigenvalue weighted by molar-refractivity contribution is -0.246.